The van der Waals surface area contributed by atoms with Gasteiger partial charge < -0.3 is 29.7 Å². The molecule has 33 heavy (non-hydrogen) atoms. The lowest BCUT2D eigenvalue weighted by atomic mass is 10.2. The summed E-state index contributed by atoms with van der Waals surface area (Å²) in [7, 11) is 0. The van der Waals surface area contributed by atoms with Gasteiger partial charge in [-0.1, -0.05) is 12.1 Å². The predicted octanol–water partition coefficient (Wildman–Crippen LogP) is 1.17. The van der Waals surface area contributed by atoms with Crippen LogP contribution in [0, 0.1) is 0 Å². The van der Waals surface area contributed by atoms with E-state index in [-0.39, 0.29) is 30.2 Å². The lowest BCUT2D eigenvalue weighted by Crippen LogP contribution is -2.57. The van der Waals surface area contributed by atoms with Crippen molar-refractivity contribution >= 4 is 28.5 Å². The molecule has 0 unspecified atom stereocenters. The molecular weight excluding hydrogens is 426 g/mol. The van der Waals surface area contributed by atoms with Crippen LogP contribution in [0.5, 0.6) is 11.5 Å². The molecule has 3 aromatic rings. The first kappa shape index (κ1) is 21.1. The number of hydrogen-bond acceptors (Lipinski definition) is 6. The number of carbonyl (C=O) groups is 2. The van der Waals surface area contributed by atoms with Crippen LogP contribution in [0.2, 0.25) is 0 Å². The summed E-state index contributed by atoms with van der Waals surface area (Å²) in [5, 5.41) is 2.90. The van der Waals surface area contributed by atoms with E-state index in [0.29, 0.717) is 54.4 Å². The number of H-pyrrole nitrogens is 2. The minimum Gasteiger partial charge on any atom is -0.485 e. The van der Waals surface area contributed by atoms with Gasteiger partial charge in [0.2, 0.25) is 12.0 Å². The number of imidazole rings is 1. The van der Waals surface area contributed by atoms with Crippen LogP contribution in [0.1, 0.15) is 6.92 Å². The maximum absolute atomic E-state index is 12.9. The molecule has 0 spiro atoms. The first-order valence-corrected chi connectivity index (χ1v) is 10.9. The lowest BCUT2D eigenvalue weighted by Gasteiger charge is -2.39. The number of amides is 2. The minimum absolute atomic E-state index is 0.102. The van der Waals surface area contributed by atoms with E-state index in [1.165, 1.54) is 0 Å². The van der Waals surface area contributed by atoms with Gasteiger partial charge in [-0.2, -0.15) is 0 Å². The molecule has 2 aliphatic heterocycles. The van der Waals surface area contributed by atoms with Gasteiger partial charge in [0, 0.05) is 31.9 Å². The largest absolute Gasteiger partial charge is 0.485 e. The van der Waals surface area contributed by atoms with Crippen LogP contribution in [0.4, 0.5) is 5.69 Å². The first-order chi connectivity index (χ1) is 16.0. The molecule has 10 heteroatoms. The average Bonchev–Trinajstić information content (AvgIpc) is 3.22. The molecule has 2 atom stereocenters. The summed E-state index contributed by atoms with van der Waals surface area (Å²) in [5.41, 5.74) is 1.64. The molecule has 0 saturated carbocycles. The second-order valence-corrected chi connectivity index (χ2v) is 8.23. The number of aromatic nitrogens is 2. The minimum atomic E-state index is -0.665. The zero-order valence-corrected chi connectivity index (χ0v) is 18.2. The Hall–Kier alpha value is -3.79. The molecule has 1 aromatic heterocycles. The summed E-state index contributed by atoms with van der Waals surface area (Å²) >= 11 is 0. The fraction of sp³-hybridized carbons (Fsp3) is 0.348. The van der Waals surface area contributed by atoms with Gasteiger partial charge in [-0.05, 0) is 37.3 Å². The summed E-state index contributed by atoms with van der Waals surface area (Å²) in [6, 6.07) is 12.2. The summed E-state index contributed by atoms with van der Waals surface area (Å²) in [5.74, 6) is 0.976. The zero-order chi connectivity index (χ0) is 22.9. The Kier molecular flexibility index (Phi) is 5.51. The molecule has 5 rings (SSSR count). The molecule has 2 amide bonds. The third-order valence-corrected chi connectivity index (χ3v) is 6.12. The fourth-order valence-corrected chi connectivity index (χ4v) is 4.20. The Labute approximate surface area is 189 Å². The maximum Gasteiger partial charge on any atom is 0.323 e. The van der Waals surface area contributed by atoms with E-state index in [2.05, 4.69) is 15.3 Å². The van der Waals surface area contributed by atoms with E-state index >= 15 is 0 Å². The molecule has 10 nitrogen and oxygen atoms in total. The van der Waals surface area contributed by atoms with Gasteiger partial charge >= 0.3 is 5.69 Å². The Morgan fingerprint density at radius 1 is 1.03 bits per heavy atom. The van der Waals surface area contributed by atoms with Crippen molar-refractivity contribution in [2.24, 2.45) is 0 Å². The molecular formula is C23H25N5O5. The van der Waals surface area contributed by atoms with E-state index in [4.69, 9.17) is 9.47 Å². The maximum atomic E-state index is 12.9. The second kappa shape index (κ2) is 8.62. The van der Waals surface area contributed by atoms with Crippen molar-refractivity contribution in [3.63, 3.8) is 0 Å². The fourth-order valence-electron chi connectivity index (χ4n) is 4.20. The topological polar surface area (TPSA) is 120 Å². The predicted molar refractivity (Wildman–Crippen MR) is 122 cm³/mol. The third kappa shape index (κ3) is 4.29. The van der Waals surface area contributed by atoms with E-state index in [1.807, 2.05) is 30.0 Å². The van der Waals surface area contributed by atoms with Crippen LogP contribution in [0.15, 0.2) is 47.3 Å². The number of piperazine rings is 1. The summed E-state index contributed by atoms with van der Waals surface area (Å²) in [6.07, 6.45) is -0.665. The number of anilines is 1. The quantitative estimate of drug-likeness (QED) is 0.548. The number of hydrogen-bond donors (Lipinski definition) is 3. The van der Waals surface area contributed by atoms with Gasteiger partial charge in [0.25, 0.3) is 5.91 Å². The van der Waals surface area contributed by atoms with Crippen molar-refractivity contribution in [3.8, 4) is 11.5 Å². The van der Waals surface area contributed by atoms with Crippen LogP contribution < -0.4 is 20.5 Å². The molecule has 2 aromatic carbocycles. The van der Waals surface area contributed by atoms with Crippen molar-refractivity contribution in [2.45, 2.75) is 19.1 Å². The number of nitrogens with zero attached hydrogens (tertiary/aromatic N) is 2. The average molecular weight is 451 g/mol. The molecule has 3 heterocycles. The highest BCUT2D eigenvalue weighted by atomic mass is 16.6. The van der Waals surface area contributed by atoms with E-state index in [1.54, 1.807) is 29.2 Å². The second-order valence-electron chi connectivity index (χ2n) is 8.23. The zero-order valence-electron chi connectivity index (χ0n) is 18.2. The van der Waals surface area contributed by atoms with Crippen LogP contribution in [0.25, 0.3) is 11.0 Å². The van der Waals surface area contributed by atoms with Crippen molar-refractivity contribution in [1.29, 1.82) is 0 Å². The van der Waals surface area contributed by atoms with Crippen molar-refractivity contribution in [1.82, 2.24) is 19.8 Å². The summed E-state index contributed by atoms with van der Waals surface area (Å²) in [4.78, 5) is 46.3. The molecule has 172 valence electrons. The normalized spacial score (nSPS) is 19.3. The number of nitrogens with one attached hydrogen (secondary N) is 3. The Balaban J connectivity index is 1.15. The number of carbonyl (C=O) groups excluding carboxylic acids is 2. The summed E-state index contributed by atoms with van der Waals surface area (Å²) < 4.78 is 11.5. The van der Waals surface area contributed by atoms with Crippen molar-refractivity contribution in [3.05, 3.63) is 52.9 Å². The van der Waals surface area contributed by atoms with Crippen LogP contribution >= 0.6 is 0 Å². The number of benzene rings is 2. The van der Waals surface area contributed by atoms with Gasteiger partial charge in [-0.25, -0.2) is 4.79 Å². The molecule has 3 N–H and O–H groups in total. The highest BCUT2D eigenvalue weighted by Gasteiger charge is 2.34. The first-order valence-electron chi connectivity index (χ1n) is 10.9. The van der Waals surface area contributed by atoms with Gasteiger partial charge in [-0.15, -0.1) is 0 Å². The van der Waals surface area contributed by atoms with Crippen LogP contribution in [0.3, 0.4) is 0 Å². The van der Waals surface area contributed by atoms with Gasteiger partial charge in [0.1, 0.15) is 6.61 Å². The number of aromatic amines is 2. The van der Waals surface area contributed by atoms with Crippen molar-refractivity contribution in [2.75, 3.05) is 38.1 Å². The standard InChI is InChI=1S/C23H25N5O5/c1-14(21(29)24-15-6-7-16-17(12-15)26-23(31)25-16)27-8-10-28(11-9-27)22(30)20-13-32-18-4-2-3-5-19(18)33-20/h2-7,12,14,20H,8-11,13H2,1H3,(H,24,29)(H2,25,26,31)/t14-,20+/m1/s1. The van der Waals surface area contributed by atoms with Gasteiger partial charge in [0.15, 0.2) is 11.5 Å². The third-order valence-electron chi connectivity index (χ3n) is 6.12. The highest BCUT2D eigenvalue weighted by Crippen LogP contribution is 2.31. The van der Waals surface area contributed by atoms with E-state index in [0.717, 1.165) is 0 Å². The smallest absolute Gasteiger partial charge is 0.323 e. The molecule has 0 aliphatic carbocycles. The Morgan fingerprint density at radius 3 is 2.55 bits per heavy atom. The Morgan fingerprint density at radius 2 is 1.76 bits per heavy atom. The number of ether oxygens (including phenoxy) is 2. The lowest BCUT2D eigenvalue weighted by molar-refractivity contribution is -0.143. The number of rotatable bonds is 4. The number of fused-ring (bicyclic) bond motifs is 2. The highest BCUT2D eigenvalue weighted by molar-refractivity contribution is 5.96. The molecule has 1 fully saturated rings. The van der Waals surface area contributed by atoms with E-state index < -0.39 is 6.10 Å². The monoisotopic (exact) mass is 451 g/mol. The van der Waals surface area contributed by atoms with Crippen LogP contribution in [-0.4, -0.2) is 76.5 Å². The molecule has 1 saturated heterocycles. The summed E-state index contributed by atoms with van der Waals surface area (Å²) in [6.45, 7) is 4.20. The number of para-hydroxylation sites is 2. The van der Waals surface area contributed by atoms with Crippen LogP contribution in [-0.2, 0) is 9.59 Å². The van der Waals surface area contributed by atoms with Gasteiger partial charge in [0.05, 0.1) is 17.1 Å². The molecule has 0 radical (unpaired) electrons. The van der Waals surface area contributed by atoms with Crippen molar-refractivity contribution < 1.29 is 19.1 Å². The molecule has 2 aliphatic rings. The SMILES string of the molecule is C[C@H](C(=O)Nc1ccc2[nH]c(=O)[nH]c2c1)N1CCN(C(=O)[C@@H]2COc3ccccc3O2)CC1. The van der Waals surface area contributed by atoms with Gasteiger partial charge in [-0.3, -0.25) is 14.5 Å². The molecule has 0 bridgehead atoms. The van der Waals surface area contributed by atoms with E-state index in [9.17, 15) is 14.4 Å². The Bertz CT molecular complexity index is 1240.